The van der Waals surface area contributed by atoms with Gasteiger partial charge in [0.25, 0.3) is 0 Å². The summed E-state index contributed by atoms with van der Waals surface area (Å²) < 4.78 is 134. The number of ether oxygens (including phenoxy) is 1. The Morgan fingerprint density at radius 2 is 1.10 bits per heavy atom. The molecule has 0 saturated heterocycles. The zero-order chi connectivity index (χ0) is 16.8. The van der Waals surface area contributed by atoms with Crippen LogP contribution >= 0.6 is 0 Å². The molecule has 0 aromatic carbocycles. The molecule has 0 aliphatic carbocycles. The van der Waals surface area contributed by atoms with Crippen LogP contribution in [0.3, 0.4) is 0 Å². The standard InChI is InChI=1S/C6HF11O3.Na.H/c7-2(1(18)19,4(10,11)12)20-6(16,17)3(8,9)5(13,14)15;;/h(H,18,19);;. The molecule has 1 N–H and O–H groups in total. The molecular formula is C6H2F11NaO3. The Morgan fingerprint density at radius 1 is 0.762 bits per heavy atom. The Bertz CT molecular complexity index is 388. The van der Waals surface area contributed by atoms with Crippen molar-refractivity contribution in [1.82, 2.24) is 0 Å². The predicted molar refractivity (Wildman–Crippen MR) is 41.7 cm³/mol. The maximum atomic E-state index is 12.7. The van der Waals surface area contributed by atoms with Gasteiger partial charge in [0.1, 0.15) is 0 Å². The van der Waals surface area contributed by atoms with Gasteiger partial charge in [-0.3, -0.25) is 4.74 Å². The summed E-state index contributed by atoms with van der Waals surface area (Å²) >= 11 is 0. The van der Waals surface area contributed by atoms with E-state index in [0.717, 1.165) is 0 Å². The monoisotopic (exact) mass is 354 g/mol. The van der Waals surface area contributed by atoms with Crippen LogP contribution in [-0.2, 0) is 9.53 Å². The summed E-state index contributed by atoms with van der Waals surface area (Å²) in [5.74, 6) is -17.6. The molecule has 0 amide bonds. The Morgan fingerprint density at radius 3 is 1.29 bits per heavy atom. The van der Waals surface area contributed by atoms with E-state index in [9.17, 15) is 53.1 Å². The number of carboxylic acid groups (broad SMARTS) is 1. The van der Waals surface area contributed by atoms with Gasteiger partial charge in [0.2, 0.25) is 0 Å². The fourth-order valence-corrected chi connectivity index (χ4v) is 0.628. The van der Waals surface area contributed by atoms with Crippen LogP contribution in [0.15, 0.2) is 0 Å². The van der Waals surface area contributed by atoms with Crippen LogP contribution in [0.1, 0.15) is 0 Å². The second kappa shape index (κ2) is 6.04. The van der Waals surface area contributed by atoms with E-state index in [0.29, 0.717) is 0 Å². The van der Waals surface area contributed by atoms with Crippen molar-refractivity contribution < 1.29 is 62.9 Å². The van der Waals surface area contributed by atoms with Gasteiger partial charge in [-0.05, 0) is 0 Å². The Kier molecular flexibility index (Phi) is 6.60. The first-order valence-electron chi connectivity index (χ1n) is 3.91. The molecule has 1 atom stereocenters. The van der Waals surface area contributed by atoms with E-state index in [-0.39, 0.29) is 29.6 Å². The summed E-state index contributed by atoms with van der Waals surface area (Å²) in [7, 11) is 0. The van der Waals surface area contributed by atoms with Gasteiger partial charge in [-0.2, -0.15) is 48.3 Å². The topological polar surface area (TPSA) is 46.5 Å². The Hall–Kier alpha value is -0.340. The van der Waals surface area contributed by atoms with Crippen molar-refractivity contribution in [2.75, 3.05) is 0 Å². The van der Waals surface area contributed by atoms with Crippen LogP contribution in [0, 0.1) is 0 Å². The minimum atomic E-state index is -7.27. The van der Waals surface area contributed by atoms with Crippen molar-refractivity contribution in [3.63, 3.8) is 0 Å². The number of hydrogen-bond donors (Lipinski definition) is 1. The van der Waals surface area contributed by atoms with Crippen molar-refractivity contribution in [2.24, 2.45) is 0 Å². The normalized spacial score (nSPS) is 16.9. The number of hydrogen-bond acceptors (Lipinski definition) is 2. The molecule has 0 saturated carbocycles. The molecule has 122 valence electrons. The number of alkyl halides is 11. The van der Waals surface area contributed by atoms with Crippen LogP contribution < -0.4 is 0 Å². The molecule has 0 fully saturated rings. The van der Waals surface area contributed by atoms with Crippen LogP contribution in [-0.4, -0.2) is 70.9 Å². The van der Waals surface area contributed by atoms with Crippen LogP contribution in [0.4, 0.5) is 48.3 Å². The van der Waals surface area contributed by atoms with Gasteiger partial charge >= 0.3 is 65.8 Å². The summed E-state index contributed by atoms with van der Waals surface area (Å²) in [4.78, 5) is 9.84. The average Bonchev–Trinajstić information content (AvgIpc) is 2.12. The first-order chi connectivity index (χ1) is 8.40. The quantitative estimate of drug-likeness (QED) is 0.623. The third-order valence-electron chi connectivity index (χ3n) is 1.63. The Balaban J connectivity index is 0. The molecule has 0 aliphatic rings. The van der Waals surface area contributed by atoms with Crippen LogP contribution in [0.5, 0.6) is 0 Å². The van der Waals surface area contributed by atoms with Crippen molar-refractivity contribution in [3.05, 3.63) is 0 Å². The van der Waals surface area contributed by atoms with Crippen molar-refractivity contribution in [1.29, 1.82) is 0 Å². The minimum absolute atomic E-state index is 0. The van der Waals surface area contributed by atoms with Gasteiger partial charge in [-0.25, -0.2) is 4.79 Å². The van der Waals surface area contributed by atoms with Gasteiger partial charge < -0.3 is 5.11 Å². The van der Waals surface area contributed by atoms with Gasteiger partial charge in [0.05, 0.1) is 0 Å². The molecule has 0 bridgehead atoms. The molecule has 0 aromatic rings. The number of rotatable bonds is 4. The average molecular weight is 354 g/mol. The summed E-state index contributed by atoms with van der Waals surface area (Å²) in [5, 5.41) is 7.72. The molecule has 21 heavy (non-hydrogen) atoms. The third kappa shape index (κ3) is 4.10. The number of aliphatic carboxylic acids is 1. The summed E-state index contributed by atoms with van der Waals surface area (Å²) in [6, 6.07) is 0. The second-order valence-corrected chi connectivity index (χ2v) is 3.09. The van der Waals surface area contributed by atoms with Gasteiger partial charge in [0.15, 0.2) is 0 Å². The SMILES string of the molecule is O=C(O)C(F)(OC(F)(F)C(F)(F)C(F)(F)F)C(F)(F)F.[NaH]. The summed E-state index contributed by atoms with van der Waals surface area (Å²) in [6.45, 7) is 0. The predicted octanol–water partition coefficient (Wildman–Crippen LogP) is 2.46. The molecule has 0 spiro atoms. The molecular weight excluding hydrogens is 352 g/mol. The summed E-state index contributed by atoms with van der Waals surface area (Å²) in [6.07, 6.45) is -21.1. The van der Waals surface area contributed by atoms with Crippen molar-refractivity contribution >= 4 is 35.5 Å². The molecule has 0 radical (unpaired) electrons. The van der Waals surface area contributed by atoms with E-state index in [4.69, 9.17) is 5.11 Å². The number of halogens is 11. The molecule has 0 rings (SSSR count). The summed E-state index contributed by atoms with van der Waals surface area (Å²) in [5.41, 5.74) is 0. The molecule has 3 nitrogen and oxygen atoms in total. The molecule has 1 unspecified atom stereocenters. The van der Waals surface area contributed by atoms with Gasteiger partial charge in [0, 0.05) is 0 Å². The van der Waals surface area contributed by atoms with E-state index in [1.165, 1.54) is 0 Å². The van der Waals surface area contributed by atoms with Gasteiger partial charge in [-0.1, -0.05) is 0 Å². The fourth-order valence-electron chi connectivity index (χ4n) is 0.628. The fraction of sp³-hybridized carbons (Fsp3) is 0.833. The maximum absolute atomic E-state index is 12.7. The van der Waals surface area contributed by atoms with E-state index in [1.54, 1.807) is 4.74 Å². The van der Waals surface area contributed by atoms with Gasteiger partial charge in [-0.15, -0.1) is 0 Å². The molecule has 0 aromatic heterocycles. The first kappa shape index (κ1) is 22.9. The molecule has 15 heteroatoms. The van der Waals surface area contributed by atoms with Crippen molar-refractivity contribution in [2.45, 2.75) is 30.2 Å². The first-order valence-corrected chi connectivity index (χ1v) is 3.91. The van der Waals surface area contributed by atoms with Crippen LogP contribution in [0.2, 0.25) is 0 Å². The van der Waals surface area contributed by atoms with E-state index < -0.39 is 36.2 Å². The molecule has 0 heterocycles. The van der Waals surface area contributed by atoms with Crippen LogP contribution in [0.25, 0.3) is 0 Å². The zero-order valence-electron chi connectivity index (χ0n) is 8.42. The number of carboxylic acids is 1. The Labute approximate surface area is 129 Å². The molecule has 0 aliphatic heterocycles. The van der Waals surface area contributed by atoms with E-state index in [1.807, 2.05) is 0 Å². The van der Waals surface area contributed by atoms with E-state index in [2.05, 4.69) is 0 Å². The zero-order valence-corrected chi connectivity index (χ0v) is 8.42. The number of carbonyl (C=O) groups is 1. The van der Waals surface area contributed by atoms with Crippen molar-refractivity contribution in [3.8, 4) is 0 Å². The second-order valence-electron chi connectivity index (χ2n) is 3.09. The van der Waals surface area contributed by atoms with E-state index >= 15 is 0 Å². The third-order valence-corrected chi connectivity index (χ3v) is 1.63.